The highest BCUT2D eigenvalue weighted by molar-refractivity contribution is 6.17. The minimum atomic E-state index is 0.575. The molecule has 5 heterocycles. The van der Waals surface area contributed by atoms with Crippen LogP contribution in [0, 0.1) is 0 Å². The molecule has 0 saturated heterocycles. The summed E-state index contributed by atoms with van der Waals surface area (Å²) in [5, 5.41) is 4.44. The highest BCUT2D eigenvalue weighted by Crippen LogP contribution is 2.43. The summed E-state index contributed by atoms with van der Waals surface area (Å²) in [6, 6.07) is 93.8. The normalized spacial score (nSPS) is 11.6. The Hall–Kier alpha value is -11.5. The van der Waals surface area contributed by atoms with Gasteiger partial charge in [0.1, 0.15) is 5.52 Å². The zero-order valence-corrected chi connectivity index (χ0v) is 44.4. The van der Waals surface area contributed by atoms with Crippen molar-refractivity contribution in [3.63, 3.8) is 0 Å². The summed E-state index contributed by atoms with van der Waals surface area (Å²) in [6.45, 7) is 0. The molecule has 0 unspecified atom stereocenters. The van der Waals surface area contributed by atoms with Crippen LogP contribution in [0.2, 0.25) is 0 Å². The molecule has 5 aromatic heterocycles. The van der Waals surface area contributed by atoms with Gasteiger partial charge in [0.2, 0.25) is 5.89 Å². The molecule has 10 nitrogen and oxygen atoms in total. The zero-order valence-electron chi connectivity index (χ0n) is 44.4. The molecule has 83 heavy (non-hydrogen) atoms. The molecule has 16 aromatic rings. The van der Waals surface area contributed by atoms with Crippen LogP contribution in [0.1, 0.15) is 0 Å². The van der Waals surface area contributed by atoms with Gasteiger partial charge < -0.3 is 13.6 Å². The van der Waals surface area contributed by atoms with Crippen LogP contribution in [0.4, 0.5) is 0 Å². The summed E-state index contributed by atoms with van der Waals surface area (Å²) in [6.07, 6.45) is 0. The standard InChI is InChI=1S/C73H45N9O/c1-6-19-46(20-7-1)67-75-68(47-21-8-2-9-22-47)78-71(77-67)50-33-38-54(39-34-50)81-63-42-37-53(43-59(63)60-44-65-61(45-64(60)81)74-73(83-65)52-27-14-5-15-28-52)56-30-18-31-58-57-29-16-17-32-62(57)82(66(56)58)55-40-35-51(36-41-55)72-79-69(48-23-10-3-11-24-48)76-70(80-72)49-25-12-4-13-26-49/h1-45H. The van der Waals surface area contributed by atoms with Crippen LogP contribution in [0.3, 0.4) is 0 Å². The fourth-order valence-electron chi connectivity index (χ4n) is 11.5. The van der Waals surface area contributed by atoms with E-state index in [1.807, 2.05) is 152 Å². The Morgan fingerprint density at radius 3 is 1.16 bits per heavy atom. The second-order valence-corrected chi connectivity index (χ2v) is 20.5. The van der Waals surface area contributed by atoms with Gasteiger partial charge in [-0.05, 0) is 96.6 Å². The molecule has 0 aliphatic carbocycles. The monoisotopic (exact) mass is 1060 g/mol. The molecule has 0 bridgehead atoms. The summed E-state index contributed by atoms with van der Waals surface area (Å²) in [7, 11) is 0. The smallest absolute Gasteiger partial charge is 0.227 e. The number of oxazole rings is 1. The van der Waals surface area contributed by atoms with Gasteiger partial charge in [-0.3, -0.25) is 0 Å². The van der Waals surface area contributed by atoms with Crippen LogP contribution < -0.4 is 0 Å². The van der Waals surface area contributed by atoms with Crippen LogP contribution in [0.5, 0.6) is 0 Å². The van der Waals surface area contributed by atoms with Crippen molar-refractivity contribution in [1.82, 2.24) is 44.0 Å². The second kappa shape index (κ2) is 19.7. The molecule has 388 valence electrons. The predicted molar refractivity (Wildman–Crippen MR) is 333 cm³/mol. The minimum absolute atomic E-state index is 0.575. The Labute approximate surface area is 476 Å². The summed E-state index contributed by atoms with van der Waals surface area (Å²) in [5.74, 6) is 4.25. The number of benzene rings is 11. The van der Waals surface area contributed by atoms with Crippen molar-refractivity contribution in [3.05, 3.63) is 273 Å². The fourth-order valence-corrected chi connectivity index (χ4v) is 11.5. The van der Waals surface area contributed by atoms with E-state index in [0.717, 1.165) is 105 Å². The molecule has 0 aliphatic heterocycles. The Bertz CT molecular complexity index is 4990. The van der Waals surface area contributed by atoms with Crippen LogP contribution in [-0.4, -0.2) is 44.0 Å². The number of hydrogen-bond acceptors (Lipinski definition) is 8. The van der Waals surface area contributed by atoms with Gasteiger partial charge in [0.05, 0.1) is 22.1 Å². The third-order valence-electron chi connectivity index (χ3n) is 15.5. The van der Waals surface area contributed by atoms with E-state index in [4.69, 9.17) is 39.3 Å². The van der Waals surface area contributed by atoms with Gasteiger partial charge in [0, 0.05) is 77.4 Å². The molecule has 0 amide bonds. The van der Waals surface area contributed by atoms with Gasteiger partial charge in [-0.2, -0.15) is 0 Å². The van der Waals surface area contributed by atoms with Crippen molar-refractivity contribution in [2.45, 2.75) is 0 Å². The summed E-state index contributed by atoms with van der Waals surface area (Å²) < 4.78 is 11.3. The molecule has 0 N–H and O–H groups in total. The van der Waals surface area contributed by atoms with E-state index in [2.05, 4.69) is 130 Å². The van der Waals surface area contributed by atoms with E-state index in [1.54, 1.807) is 0 Å². The van der Waals surface area contributed by atoms with Crippen molar-refractivity contribution in [2.75, 3.05) is 0 Å². The van der Waals surface area contributed by atoms with E-state index in [-0.39, 0.29) is 0 Å². The molecule has 10 heteroatoms. The Morgan fingerprint density at radius 1 is 0.253 bits per heavy atom. The molecule has 16 rings (SSSR count). The first-order valence-electron chi connectivity index (χ1n) is 27.5. The van der Waals surface area contributed by atoms with Crippen molar-refractivity contribution >= 4 is 54.7 Å². The average molecular weight is 1060 g/mol. The van der Waals surface area contributed by atoms with Gasteiger partial charge >= 0.3 is 0 Å². The molecular weight excluding hydrogens is 1020 g/mol. The number of para-hydroxylation sites is 2. The molecule has 0 fully saturated rings. The van der Waals surface area contributed by atoms with Gasteiger partial charge in [-0.25, -0.2) is 34.9 Å². The van der Waals surface area contributed by atoms with Crippen molar-refractivity contribution in [2.24, 2.45) is 0 Å². The molecule has 0 atom stereocenters. The Kier molecular flexibility index (Phi) is 11.3. The number of nitrogens with zero attached hydrogens (tertiary/aromatic N) is 9. The van der Waals surface area contributed by atoms with Crippen LogP contribution >= 0.6 is 0 Å². The van der Waals surface area contributed by atoms with Crippen molar-refractivity contribution in [3.8, 4) is 102 Å². The molecule has 11 aromatic carbocycles. The highest BCUT2D eigenvalue weighted by Gasteiger charge is 2.22. The average Bonchev–Trinajstić information content (AvgIpc) is 3.39. The lowest BCUT2D eigenvalue weighted by Crippen LogP contribution is -2.00. The minimum Gasteiger partial charge on any atom is -0.436 e. The lowest BCUT2D eigenvalue weighted by atomic mass is 9.99. The molecule has 0 saturated carbocycles. The summed E-state index contributed by atoms with van der Waals surface area (Å²) in [4.78, 5) is 35.1. The SMILES string of the molecule is c1ccc(-c2nc(-c3ccccc3)nc(-c3ccc(-n4c5ccc(-c6cccc7c8ccccc8n(-c8ccc(-c9nc(-c%10ccccc%10)nc(-c%10ccccc%10)n9)cc8)c67)cc5c5cc6oc(-c7ccccc7)nc6cc54)cc3)n2)cc1. The maximum atomic E-state index is 6.58. The third kappa shape index (κ3) is 8.40. The topological polar surface area (TPSA) is 113 Å². The molecule has 0 spiro atoms. The quantitative estimate of drug-likeness (QED) is 0.133. The van der Waals surface area contributed by atoms with Gasteiger partial charge in [0.25, 0.3) is 0 Å². The number of hydrogen-bond donors (Lipinski definition) is 0. The number of fused-ring (bicyclic) bond motifs is 7. The van der Waals surface area contributed by atoms with Crippen molar-refractivity contribution in [1.29, 1.82) is 0 Å². The molecule has 0 aliphatic rings. The van der Waals surface area contributed by atoms with E-state index < -0.39 is 0 Å². The first-order valence-corrected chi connectivity index (χ1v) is 27.5. The lowest BCUT2D eigenvalue weighted by molar-refractivity contribution is 0.620. The summed E-state index contributed by atoms with van der Waals surface area (Å²) >= 11 is 0. The highest BCUT2D eigenvalue weighted by atomic mass is 16.3. The zero-order chi connectivity index (χ0) is 54.8. The van der Waals surface area contributed by atoms with E-state index in [1.165, 1.54) is 5.39 Å². The predicted octanol–water partition coefficient (Wildman–Crippen LogP) is 17.7. The Morgan fingerprint density at radius 2 is 0.651 bits per heavy atom. The summed E-state index contributed by atoms with van der Waals surface area (Å²) in [5.41, 5.74) is 16.3. The van der Waals surface area contributed by atoms with Crippen LogP contribution in [0.15, 0.2) is 277 Å². The largest absolute Gasteiger partial charge is 0.436 e. The molecule has 0 radical (unpaired) electrons. The first-order chi connectivity index (χ1) is 41.1. The van der Waals surface area contributed by atoms with Crippen LogP contribution in [0.25, 0.3) is 157 Å². The van der Waals surface area contributed by atoms with E-state index >= 15 is 0 Å². The Balaban J connectivity index is 0.841. The van der Waals surface area contributed by atoms with Gasteiger partial charge in [-0.15, -0.1) is 0 Å². The van der Waals surface area contributed by atoms with Crippen LogP contribution in [-0.2, 0) is 0 Å². The maximum absolute atomic E-state index is 6.58. The van der Waals surface area contributed by atoms with E-state index in [0.29, 0.717) is 46.4 Å². The van der Waals surface area contributed by atoms with Gasteiger partial charge in [-0.1, -0.05) is 182 Å². The fraction of sp³-hybridized carbons (Fsp3) is 0. The second-order valence-electron chi connectivity index (χ2n) is 20.5. The van der Waals surface area contributed by atoms with Gasteiger partial charge in [0.15, 0.2) is 40.5 Å². The van der Waals surface area contributed by atoms with E-state index in [9.17, 15) is 0 Å². The number of aromatic nitrogens is 9. The third-order valence-corrected chi connectivity index (χ3v) is 15.5. The number of rotatable bonds is 10. The lowest BCUT2D eigenvalue weighted by Gasteiger charge is -2.13. The molecular formula is C73H45N9O. The maximum Gasteiger partial charge on any atom is 0.227 e. The van der Waals surface area contributed by atoms with Crippen molar-refractivity contribution < 1.29 is 4.42 Å². The first kappa shape index (κ1) is 47.5.